The third-order valence-electron chi connectivity index (χ3n) is 0.397. The topological polar surface area (TPSA) is 109 Å². The van der Waals surface area contributed by atoms with Crippen LogP contribution in [0.1, 0.15) is 0 Å². The molecule has 0 aromatic heterocycles. The summed E-state index contributed by atoms with van der Waals surface area (Å²) in [7, 11) is -4.22. The first-order valence-corrected chi connectivity index (χ1v) is 3.44. The van der Waals surface area contributed by atoms with Crippen molar-refractivity contribution in [3.05, 3.63) is 0 Å². The van der Waals surface area contributed by atoms with Crippen LogP contribution in [0.5, 0.6) is 0 Å². The fourth-order valence-corrected chi connectivity index (χ4v) is 0.707. The molecule has 0 aromatic carbocycles. The standard InChI is InChI=1S/C2H8N2O3S.Na/c3-2(4)1-8(5,6)7;/h2H,1,3-4H2,(H,5,6,7);/q;+1/p-1. The van der Waals surface area contributed by atoms with Crippen LogP contribution in [-0.2, 0) is 10.1 Å². The molecule has 5 nitrogen and oxygen atoms in total. The van der Waals surface area contributed by atoms with E-state index in [2.05, 4.69) is 0 Å². The molecule has 0 radical (unpaired) electrons. The van der Waals surface area contributed by atoms with Crippen molar-refractivity contribution in [2.45, 2.75) is 6.17 Å². The van der Waals surface area contributed by atoms with Gasteiger partial charge in [0, 0.05) is 0 Å². The average molecular weight is 162 g/mol. The van der Waals surface area contributed by atoms with E-state index in [1.54, 1.807) is 0 Å². The van der Waals surface area contributed by atoms with Gasteiger partial charge in [0.2, 0.25) is 0 Å². The van der Waals surface area contributed by atoms with Crippen molar-refractivity contribution < 1.29 is 42.5 Å². The summed E-state index contributed by atoms with van der Waals surface area (Å²) in [5, 5.41) is 0. The molecule has 9 heavy (non-hydrogen) atoms. The molecule has 0 heterocycles. The second kappa shape index (κ2) is 4.62. The van der Waals surface area contributed by atoms with E-state index in [-0.39, 0.29) is 29.6 Å². The van der Waals surface area contributed by atoms with Crippen molar-refractivity contribution >= 4 is 10.1 Å². The van der Waals surface area contributed by atoms with Crippen molar-refractivity contribution in [3.63, 3.8) is 0 Å². The Labute approximate surface area is 75.8 Å². The first-order chi connectivity index (χ1) is 3.42. The number of hydrogen-bond donors (Lipinski definition) is 2. The van der Waals surface area contributed by atoms with Gasteiger partial charge in [0.25, 0.3) is 0 Å². The molecule has 0 saturated heterocycles. The van der Waals surface area contributed by atoms with Crippen molar-refractivity contribution in [2.75, 3.05) is 5.75 Å². The number of hydrogen-bond acceptors (Lipinski definition) is 5. The molecule has 0 rings (SSSR count). The molecule has 0 fully saturated rings. The summed E-state index contributed by atoms with van der Waals surface area (Å²) in [6.07, 6.45) is -1.06. The van der Waals surface area contributed by atoms with Gasteiger partial charge in [0.1, 0.15) is 0 Å². The van der Waals surface area contributed by atoms with Crippen LogP contribution >= 0.6 is 0 Å². The maximum atomic E-state index is 9.73. The van der Waals surface area contributed by atoms with Gasteiger partial charge in [-0.1, -0.05) is 0 Å². The van der Waals surface area contributed by atoms with Crippen molar-refractivity contribution in [2.24, 2.45) is 11.5 Å². The third-order valence-corrected chi connectivity index (χ3v) is 1.19. The van der Waals surface area contributed by atoms with E-state index in [1.807, 2.05) is 0 Å². The molecule has 0 aliphatic carbocycles. The second-order valence-corrected chi connectivity index (χ2v) is 2.84. The summed E-state index contributed by atoms with van der Waals surface area (Å²) < 4.78 is 29.2. The smallest absolute Gasteiger partial charge is 0.748 e. The van der Waals surface area contributed by atoms with E-state index < -0.39 is 22.0 Å². The summed E-state index contributed by atoms with van der Waals surface area (Å²) in [6.45, 7) is 0. The Balaban J connectivity index is 0. The molecule has 0 bridgehead atoms. The largest absolute Gasteiger partial charge is 1.00 e. The Morgan fingerprint density at radius 2 is 1.78 bits per heavy atom. The molecule has 0 amide bonds. The normalized spacial score (nSPS) is 11.1. The third kappa shape index (κ3) is 12.1. The van der Waals surface area contributed by atoms with Crippen LogP contribution in [-0.4, -0.2) is 24.9 Å². The van der Waals surface area contributed by atoms with Crippen LogP contribution in [0.15, 0.2) is 0 Å². The fraction of sp³-hybridized carbons (Fsp3) is 1.00. The van der Waals surface area contributed by atoms with E-state index >= 15 is 0 Å². The van der Waals surface area contributed by atoms with Crippen LogP contribution in [0.4, 0.5) is 0 Å². The molecule has 50 valence electrons. The summed E-state index contributed by atoms with van der Waals surface area (Å²) >= 11 is 0. The SMILES string of the molecule is NC(N)CS(=O)(=O)[O-].[Na+]. The van der Waals surface area contributed by atoms with Gasteiger partial charge in [0.05, 0.1) is 22.0 Å². The zero-order valence-corrected chi connectivity index (χ0v) is 7.89. The monoisotopic (exact) mass is 162 g/mol. The van der Waals surface area contributed by atoms with E-state index in [1.165, 1.54) is 0 Å². The van der Waals surface area contributed by atoms with E-state index in [4.69, 9.17) is 11.5 Å². The van der Waals surface area contributed by atoms with E-state index in [0.717, 1.165) is 0 Å². The van der Waals surface area contributed by atoms with Crippen molar-refractivity contribution in [1.82, 2.24) is 0 Å². The predicted octanol–water partition coefficient (Wildman–Crippen LogP) is -5.22. The van der Waals surface area contributed by atoms with E-state index in [0.29, 0.717) is 0 Å². The van der Waals surface area contributed by atoms with Crippen LogP contribution in [0.25, 0.3) is 0 Å². The molecular formula is C2H7N2NaO3S. The quantitative estimate of drug-likeness (QED) is 0.239. The van der Waals surface area contributed by atoms with Gasteiger partial charge in [-0.25, -0.2) is 8.42 Å². The molecule has 7 heteroatoms. The van der Waals surface area contributed by atoms with Gasteiger partial charge < -0.3 is 16.0 Å². The van der Waals surface area contributed by atoms with Gasteiger partial charge in [-0.3, -0.25) is 0 Å². The first kappa shape index (κ1) is 12.5. The van der Waals surface area contributed by atoms with Gasteiger partial charge >= 0.3 is 29.6 Å². The minimum atomic E-state index is -4.22. The molecule has 0 atom stereocenters. The summed E-state index contributed by atoms with van der Waals surface area (Å²) in [5.41, 5.74) is 9.55. The molecule has 4 N–H and O–H groups in total. The molecular weight excluding hydrogens is 155 g/mol. The average Bonchev–Trinajstić information content (AvgIpc) is 1.21. The number of nitrogens with two attached hydrogens (primary N) is 2. The molecule has 0 aromatic rings. The molecule has 0 aliphatic heterocycles. The minimum Gasteiger partial charge on any atom is -0.748 e. The minimum absolute atomic E-state index is 0. The summed E-state index contributed by atoms with van der Waals surface area (Å²) in [6, 6.07) is 0. The van der Waals surface area contributed by atoms with Crippen LogP contribution in [0.2, 0.25) is 0 Å². The summed E-state index contributed by atoms with van der Waals surface area (Å²) in [5.74, 6) is -0.701. The zero-order valence-electron chi connectivity index (χ0n) is 5.07. The molecule has 0 saturated carbocycles. The van der Waals surface area contributed by atoms with Gasteiger partial charge in [-0.05, 0) is 0 Å². The van der Waals surface area contributed by atoms with Crippen LogP contribution < -0.4 is 41.0 Å². The maximum Gasteiger partial charge on any atom is 1.00 e. The maximum absolute atomic E-state index is 9.73. The van der Waals surface area contributed by atoms with Crippen molar-refractivity contribution in [3.8, 4) is 0 Å². The predicted molar refractivity (Wildman–Crippen MR) is 26.7 cm³/mol. The molecule has 0 unspecified atom stereocenters. The van der Waals surface area contributed by atoms with Crippen LogP contribution in [0.3, 0.4) is 0 Å². The van der Waals surface area contributed by atoms with Crippen molar-refractivity contribution in [1.29, 1.82) is 0 Å². The number of rotatable bonds is 2. The van der Waals surface area contributed by atoms with Gasteiger partial charge in [-0.15, -0.1) is 0 Å². The Morgan fingerprint density at radius 1 is 1.44 bits per heavy atom. The molecule has 0 spiro atoms. The summed E-state index contributed by atoms with van der Waals surface area (Å²) in [4.78, 5) is 0. The van der Waals surface area contributed by atoms with Crippen LogP contribution in [0, 0.1) is 0 Å². The first-order valence-electron chi connectivity index (χ1n) is 1.86. The van der Waals surface area contributed by atoms with E-state index in [9.17, 15) is 13.0 Å². The Kier molecular flexibility index (Phi) is 6.41. The Hall–Kier alpha value is 0.830. The zero-order chi connectivity index (χ0) is 6.78. The fourth-order valence-electron chi connectivity index (χ4n) is 0.236. The van der Waals surface area contributed by atoms with Gasteiger partial charge in [0.15, 0.2) is 0 Å². The Morgan fingerprint density at radius 3 is 1.78 bits per heavy atom. The van der Waals surface area contributed by atoms with Gasteiger partial charge in [-0.2, -0.15) is 0 Å². The molecule has 0 aliphatic rings. The second-order valence-electron chi connectivity index (χ2n) is 1.39. The Bertz CT molecular complexity index is 153.